The molecule has 1 unspecified atom stereocenters. The fourth-order valence-corrected chi connectivity index (χ4v) is 3.30. The van der Waals surface area contributed by atoms with E-state index in [-0.39, 0.29) is 0 Å². The topological polar surface area (TPSA) is 9.23 Å². The molecule has 0 N–H and O–H groups in total. The molecule has 0 saturated heterocycles. The third kappa shape index (κ3) is 3.40. The molecule has 0 aromatic heterocycles. The lowest BCUT2D eigenvalue weighted by atomic mass is 9.90. The Balaban J connectivity index is 2.73. The average Bonchev–Trinajstić information content (AvgIpc) is 2.45. The zero-order valence-corrected chi connectivity index (χ0v) is 15.8. The van der Waals surface area contributed by atoms with Gasteiger partial charge in [0.05, 0.1) is 7.11 Å². The number of halogens is 6. The van der Waals surface area contributed by atoms with E-state index in [0.29, 0.717) is 26.9 Å². The summed E-state index contributed by atoms with van der Waals surface area (Å²) >= 11 is 37.3. The van der Waals surface area contributed by atoms with Gasteiger partial charge in [0.15, 0.2) is 0 Å². The Kier molecular flexibility index (Phi) is 5.70. The number of methoxy groups -OCH3 is 1. The molecule has 22 heavy (non-hydrogen) atoms. The molecule has 0 aliphatic carbocycles. The van der Waals surface area contributed by atoms with Gasteiger partial charge in [-0.25, -0.2) is 0 Å². The van der Waals surface area contributed by atoms with Gasteiger partial charge in [-0.2, -0.15) is 0 Å². The molecular formula is C15H10Cl6O. The Bertz CT molecular complexity index is 665. The van der Waals surface area contributed by atoms with E-state index in [1.807, 2.05) is 0 Å². The number of hydrogen-bond acceptors (Lipinski definition) is 1. The van der Waals surface area contributed by atoms with Gasteiger partial charge in [-0.3, -0.25) is 0 Å². The molecule has 0 aliphatic rings. The molecule has 0 spiro atoms. The molecule has 0 aliphatic heterocycles. The first-order valence-electron chi connectivity index (χ1n) is 6.06. The van der Waals surface area contributed by atoms with Crippen molar-refractivity contribution in [2.45, 2.75) is 8.67 Å². The van der Waals surface area contributed by atoms with E-state index in [4.69, 9.17) is 74.3 Å². The van der Waals surface area contributed by atoms with Crippen LogP contribution >= 0.6 is 69.6 Å². The third-order valence-corrected chi connectivity index (χ3v) is 5.50. The Morgan fingerprint density at radius 1 is 0.818 bits per heavy atom. The summed E-state index contributed by atoms with van der Waals surface area (Å²) in [7, 11) is 1.49. The van der Waals surface area contributed by atoms with E-state index in [1.54, 1.807) is 42.5 Å². The molecule has 1 atom stereocenters. The maximum absolute atomic E-state index is 6.79. The molecule has 0 heterocycles. The van der Waals surface area contributed by atoms with Crippen LogP contribution in [0.25, 0.3) is 0 Å². The molecule has 0 fully saturated rings. The van der Waals surface area contributed by atoms with E-state index in [2.05, 4.69) is 0 Å². The lowest BCUT2D eigenvalue weighted by molar-refractivity contribution is 0.405. The van der Waals surface area contributed by atoms with E-state index in [0.717, 1.165) is 0 Å². The van der Waals surface area contributed by atoms with Crippen LogP contribution in [0.5, 0.6) is 5.75 Å². The summed E-state index contributed by atoms with van der Waals surface area (Å²) in [4.78, 5) is -1.47. The monoisotopic (exact) mass is 416 g/mol. The summed E-state index contributed by atoms with van der Waals surface area (Å²) in [5.74, 6) is 0.420. The summed E-state index contributed by atoms with van der Waals surface area (Å²) in [5.41, 5.74) is 1.06. The van der Waals surface area contributed by atoms with E-state index < -0.39 is 8.67 Å². The summed E-state index contributed by atoms with van der Waals surface area (Å²) < 4.78 is 3.50. The van der Waals surface area contributed by atoms with Gasteiger partial charge in [-0.1, -0.05) is 76.2 Å². The largest absolute Gasteiger partial charge is 0.496 e. The van der Waals surface area contributed by atoms with Gasteiger partial charge in [-0.05, 0) is 29.8 Å². The van der Waals surface area contributed by atoms with Crippen molar-refractivity contribution in [3.8, 4) is 5.75 Å². The van der Waals surface area contributed by atoms with Crippen LogP contribution in [0.15, 0.2) is 42.5 Å². The van der Waals surface area contributed by atoms with Crippen LogP contribution < -0.4 is 4.74 Å². The second-order valence-electron chi connectivity index (χ2n) is 4.51. The lowest BCUT2D eigenvalue weighted by Gasteiger charge is -2.35. The zero-order chi connectivity index (χ0) is 16.5. The fraction of sp³-hybridized carbons (Fsp3) is 0.200. The van der Waals surface area contributed by atoms with Gasteiger partial charge < -0.3 is 4.74 Å². The highest BCUT2D eigenvalue weighted by Crippen LogP contribution is 2.56. The van der Waals surface area contributed by atoms with E-state index in [9.17, 15) is 0 Å². The number of ether oxygens (including phenoxy) is 1. The quantitative estimate of drug-likeness (QED) is 0.495. The first-order valence-corrected chi connectivity index (χ1v) is 8.32. The van der Waals surface area contributed by atoms with Gasteiger partial charge in [-0.15, -0.1) is 11.6 Å². The Labute approximate surface area is 159 Å². The standard InChI is InChI=1S/C15H10Cl6O/c1-22-13-8-11(17)6-7-12(13)14(18,15(19,20)21)9-2-4-10(16)5-3-9/h2-8H,1H3. The van der Waals surface area contributed by atoms with Crippen molar-refractivity contribution < 1.29 is 4.74 Å². The van der Waals surface area contributed by atoms with Crippen molar-refractivity contribution >= 4 is 69.6 Å². The third-order valence-electron chi connectivity index (χ3n) is 3.17. The maximum atomic E-state index is 6.79. The molecule has 1 nitrogen and oxygen atoms in total. The number of hydrogen-bond donors (Lipinski definition) is 0. The van der Waals surface area contributed by atoms with Crippen LogP contribution in [-0.2, 0) is 4.87 Å². The molecule has 0 amide bonds. The summed E-state index contributed by atoms with van der Waals surface area (Å²) in [6, 6.07) is 11.7. The highest BCUT2D eigenvalue weighted by molar-refractivity contribution is 6.71. The van der Waals surface area contributed by atoms with Crippen LogP contribution in [0, 0.1) is 0 Å². The molecule has 0 bridgehead atoms. The summed E-state index contributed by atoms with van der Waals surface area (Å²) in [6.45, 7) is 0. The van der Waals surface area contributed by atoms with Gasteiger partial charge in [0.2, 0.25) is 3.79 Å². The second kappa shape index (κ2) is 6.84. The van der Waals surface area contributed by atoms with Crippen molar-refractivity contribution in [2.24, 2.45) is 0 Å². The van der Waals surface area contributed by atoms with Gasteiger partial charge in [0, 0.05) is 15.6 Å². The lowest BCUT2D eigenvalue weighted by Crippen LogP contribution is -2.36. The first-order chi connectivity index (χ1) is 10.2. The molecule has 2 aromatic rings. The first kappa shape index (κ1) is 18.3. The SMILES string of the molecule is COc1cc(Cl)ccc1C(Cl)(c1ccc(Cl)cc1)C(Cl)(Cl)Cl. The van der Waals surface area contributed by atoms with Crippen molar-refractivity contribution in [1.82, 2.24) is 0 Å². The smallest absolute Gasteiger partial charge is 0.217 e. The minimum atomic E-state index is -1.84. The average molecular weight is 419 g/mol. The van der Waals surface area contributed by atoms with E-state index >= 15 is 0 Å². The van der Waals surface area contributed by atoms with Crippen molar-refractivity contribution in [1.29, 1.82) is 0 Å². The van der Waals surface area contributed by atoms with Crippen LogP contribution in [-0.4, -0.2) is 10.9 Å². The van der Waals surface area contributed by atoms with Crippen molar-refractivity contribution in [3.05, 3.63) is 63.6 Å². The fourth-order valence-electron chi connectivity index (χ4n) is 2.10. The molecular weight excluding hydrogens is 409 g/mol. The molecule has 2 aromatic carbocycles. The minimum absolute atomic E-state index is 0.420. The number of benzene rings is 2. The highest BCUT2D eigenvalue weighted by Gasteiger charge is 2.51. The van der Waals surface area contributed by atoms with Crippen molar-refractivity contribution in [2.75, 3.05) is 7.11 Å². The zero-order valence-electron chi connectivity index (χ0n) is 11.2. The highest BCUT2D eigenvalue weighted by atomic mass is 35.6. The second-order valence-corrected chi connectivity index (χ2v) is 8.23. The van der Waals surface area contributed by atoms with Crippen LogP contribution in [0.2, 0.25) is 10.0 Å². The number of alkyl halides is 4. The maximum Gasteiger partial charge on any atom is 0.217 e. The predicted molar refractivity (Wildman–Crippen MR) is 96.4 cm³/mol. The van der Waals surface area contributed by atoms with Crippen LogP contribution in [0.4, 0.5) is 0 Å². The minimum Gasteiger partial charge on any atom is -0.496 e. The van der Waals surface area contributed by atoms with Crippen LogP contribution in [0.1, 0.15) is 11.1 Å². The Morgan fingerprint density at radius 3 is 1.86 bits per heavy atom. The van der Waals surface area contributed by atoms with Gasteiger partial charge >= 0.3 is 0 Å². The molecule has 7 heteroatoms. The van der Waals surface area contributed by atoms with E-state index in [1.165, 1.54) is 7.11 Å². The van der Waals surface area contributed by atoms with Crippen LogP contribution in [0.3, 0.4) is 0 Å². The predicted octanol–water partition coefficient (Wildman–Crippen LogP) is 6.85. The van der Waals surface area contributed by atoms with Gasteiger partial charge in [0.25, 0.3) is 0 Å². The number of rotatable bonds is 3. The molecule has 0 saturated carbocycles. The molecule has 118 valence electrons. The van der Waals surface area contributed by atoms with Gasteiger partial charge in [0.1, 0.15) is 10.6 Å². The molecule has 2 rings (SSSR count). The summed E-state index contributed by atoms with van der Waals surface area (Å²) in [5, 5.41) is 1.04. The summed E-state index contributed by atoms with van der Waals surface area (Å²) in [6.07, 6.45) is 0. The van der Waals surface area contributed by atoms with Crippen molar-refractivity contribution in [3.63, 3.8) is 0 Å². The Morgan fingerprint density at radius 2 is 1.36 bits per heavy atom. The molecule has 0 radical (unpaired) electrons. The Hall–Kier alpha value is -0.0200. The normalized spacial score (nSPS) is 14.5.